The molecule has 0 aliphatic rings. The highest BCUT2D eigenvalue weighted by atomic mass is 15.0. The Morgan fingerprint density at radius 3 is 0.892 bits per heavy atom. The number of nitriles is 6. The molecule has 2 aromatic heterocycles. The van der Waals surface area contributed by atoms with Crippen molar-refractivity contribution in [3.63, 3.8) is 0 Å². The summed E-state index contributed by atoms with van der Waals surface area (Å²) in [5.74, 6) is 0. The van der Waals surface area contributed by atoms with E-state index in [2.05, 4.69) is 118 Å². The van der Waals surface area contributed by atoms with Crippen molar-refractivity contribution in [1.29, 1.82) is 31.6 Å². The minimum absolute atomic E-state index is 0.421. The largest absolute Gasteiger partial charge is 0.309 e. The van der Waals surface area contributed by atoms with Crippen LogP contribution < -0.4 is 0 Å². The molecule has 12 rings (SSSR count). The van der Waals surface area contributed by atoms with Crippen molar-refractivity contribution in [2.24, 2.45) is 0 Å². The molecule has 0 aliphatic carbocycles. The summed E-state index contributed by atoms with van der Waals surface area (Å²) in [4.78, 5) is 0. The average molecular weight is 939 g/mol. The van der Waals surface area contributed by atoms with E-state index < -0.39 is 0 Å². The van der Waals surface area contributed by atoms with Crippen LogP contribution in [-0.4, -0.2) is 9.13 Å². The number of nitrogens with zero attached hydrogens (tertiary/aromatic N) is 8. The number of aromatic nitrogens is 2. The van der Waals surface area contributed by atoms with Gasteiger partial charge in [0.05, 0.1) is 103 Å². The molecule has 338 valence electrons. The van der Waals surface area contributed by atoms with Crippen molar-refractivity contribution in [2.75, 3.05) is 0 Å². The van der Waals surface area contributed by atoms with Gasteiger partial charge in [-0.25, -0.2) is 0 Å². The lowest BCUT2D eigenvalue weighted by atomic mass is 9.94. The van der Waals surface area contributed by atoms with Crippen LogP contribution in [0, 0.1) is 68.0 Å². The van der Waals surface area contributed by atoms with Gasteiger partial charge in [0, 0.05) is 32.7 Å². The summed E-state index contributed by atoms with van der Waals surface area (Å²) in [6, 6.07) is 80.8. The summed E-state index contributed by atoms with van der Waals surface area (Å²) in [6.45, 7) is 0. The third-order valence-electron chi connectivity index (χ3n) is 14.0. The number of fused-ring (bicyclic) bond motifs is 6. The van der Waals surface area contributed by atoms with E-state index in [1.165, 1.54) is 0 Å². The van der Waals surface area contributed by atoms with Crippen LogP contribution in [0.3, 0.4) is 0 Å². The normalized spacial score (nSPS) is 10.9. The van der Waals surface area contributed by atoms with Crippen molar-refractivity contribution in [3.8, 4) is 103 Å². The highest BCUT2D eigenvalue weighted by Crippen LogP contribution is 2.45. The van der Waals surface area contributed by atoms with Crippen LogP contribution in [0.5, 0.6) is 0 Å². The van der Waals surface area contributed by atoms with E-state index in [1.807, 2.05) is 133 Å². The second-order valence-electron chi connectivity index (χ2n) is 18.0. The van der Waals surface area contributed by atoms with Gasteiger partial charge in [0.15, 0.2) is 0 Å². The molecule has 2 heterocycles. The summed E-state index contributed by atoms with van der Waals surface area (Å²) in [5.41, 5.74) is 17.3. The Balaban J connectivity index is 1.12. The molecule has 0 fully saturated rings. The van der Waals surface area contributed by atoms with E-state index in [1.54, 1.807) is 0 Å². The van der Waals surface area contributed by atoms with Gasteiger partial charge in [-0.3, -0.25) is 0 Å². The molecule has 0 amide bonds. The number of rotatable bonds is 7. The highest BCUT2D eigenvalue weighted by Gasteiger charge is 2.24. The quantitative estimate of drug-likeness (QED) is 0.155. The smallest absolute Gasteiger partial charge is 0.0998 e. The molecule has 8 heteroatoms. The van der Waals surface area contributed by atoms with E-state index in [4.69, 9.17) is 0 Å². The second-order valence-corrected chi connectivity index (χ2v) is 18.0. The Hall–Kier alpha value is -11.3. The van der Waals surface area contributed by atoms with E-state index in [0.29, 0.717) is 44.5 Å². The molecule has 0 spiro atoms. The van der Waals surface area contributed by atoms with E-state index in [0.717, 1.165) is 99.5 Å². The molecule has 0 atom stereocenters. The molecule has 0 saturated heterocycles. The fourth-order valence-corrected chi connectivity index (χ4v) is 10.3. The topological polar surface area (TPSA) is 153 Å². The van der Waals surface area contributed by atoms with Gasteiger partial charge < -0.3 is 9.13 Å². The number of benzene rings is 10. The molecule has 0 bridgehead atoms. The summed E-state index contributed by atoms with van der Waals surface area (Å²) in [7, 11) is 0. The fraction of sp³-hybridized carbons (Fsp3) is 0. The van der Waals surface area contributed by atoms with Gasteiger partial charge in [0.25, 0.3) is 0 Å². The first kappa shape index (κ1) is 44.0. The Labute approximate surface area is 425 Å². The lowest BCUT2D eigenvalue weighted by molar-refractivity contribution is 1.16. The first-order valence-electron chi connectivity index (χ1n) is 23.7. The zero-order chi connectivity index (χ0) is 50.5. The monoisotopic (exact) mass is 938 g/mol. The van der Waals surface area contributed by atoms with Crippen molar-refractivity contribution >= 4 is 43.6 Å². The van der Waals surface area contributed by atoms with Crippen molar-refractivity contribution in [3.05, 3.63) is 240 Å². The van der Waals surface area contributed by atoms with Gasteiger partial charge in [-0.15, -0.1) is 0 Å². The Morgan fingerprint density at radius 1 is 0.257 bits per heavy atom. The number of hydrogen-bond donors (Lipinski definition) is 0. The van der Waals surface area contributed by atoms with Crippen LogP contribution in [0.4, 0.5) is 0 Å². The summed E-state index contributed by atoms with van der Waals surface area (Å²) < 4.78 is 4.41. The van der Waals surface area contributed by atoms with Crippen LogP contribution in [-0.2, 0) is 0 Å². The second kappa shape index (κ2) is 17.9. The van der Waals surface area contributed by atoms with E-state index in [9.17, 15) is 31.6 Å². The number of hydrogen-bond acceptors (Lipinski definition) is 6. The maximum Gasteiger partial charge on any atom is 0.0998 e. The third-order valence-corrected chi connectivity index (χ3v) is 14.0. The predicted molar refractivity (Wildman–Crippen MR) is 291 cm³/mol. The lowest BCUT2D eigenvalue weighted by Crippen LogP contribution is -2.04. The molecule has 0 radical (unpaired) electrons. The zero-order valence-corrected chi connectivity index (χ0v) is 39.2. The predicted octanol–water partition coefficient (Wildman–Crippen LogP) is 15.4. The molecule has 12 aromatic rings. The minimum atomic E-state index is 0.421. The summed E-state index contributed by atoms with van der Waals surface area (Å²) >= 11 is 0. The van der Waals surface area contributed by atoms with Crippen LogP contribution in [0.15, 0.2) is 206 Å². The molecule has 74 heavy (non-hydrogen) atoms. The van der Waals surface area contributed by atoms with Crippen molar-refractivity contribution < 1.29 is 0 Å². The average Bonchev–Trinajstić information content (AvgIpc) is 3.97. The van der Waals surface area contributed by atoms with Crippen LogP contribution in [0.1, 0.15) is 33.4 Å². The molecule has 0 aliphatic heterocycles. The van der Waals surface area contributed by atoms with Crippen molar-refractivity contribution in [1.82, 2.24) is 9.13 Å². The van der Waals surface area contributed by atoms with Crippen molar-refractivity contribution in [2.45, 2.75) is 0 Å². The molecule has 0 saturated carbocycles. The fourth-order valence-electron chi connectivity index (χ4n) is 10.3. The standard InChI is InChI=1S/C66H34N8/c67-35-41-4-13-46(14-5-41)50-21-26-60-55(31-50)56-32-51(47-15-6-42(36-68)7-16-47)22-27-61(56)73(60)64-25-12-45(39-71)30-59(64)66-54(40-72)2-1-3-65(66)74-62-28-23-52(48-17-8-43(37-69)9-18-48)33-57(62)58-34-53(24-29-63(58)74)49-19-10-44(38-70)11-20-49/h1-34H. The molecular formula is C66H34N8. The maximum absolute atomic E-state index is 11.2. The van der Waals surface area contributed by atoms with Crippen LogP contribution >= 0.6 is 0 Å². The molecule has 10 aromatic carbocycles. The SMILES string of the molecule is N#Cc1ccc(-c2ccc3c(c2)c2cc(-c4ccc(C#N)cc4)ccc2n3-c2ccc(C#N)cc2-c2c(C#N)cccc2-n2c3ccc(-c4ccc(C#N)cc4)cc3c3cc(-c4ccc(C#N)cc4)ccc32)cc1. The molecule has 0 unspecified atom stereocenters. The van der Waals surface area contributed by atoms with Gasteiger partial charge in [-0.2, -0.15) is 31.6 Å². The Bertz CT molecular complexity index is 4340. The van der Waals surface area contributed by atoms with Gasteiger partial charge in [-0.1, -0.05) is 78.9 Å². The van der Waals surface area contributed by atoms with Gasteiger partial charge in [0.1, 0.15) is 0 Å². The molecule has 8 nitrogen and oxygen atoms in total. The van der Waals surface area contributed by atoms with Gasteiger partial charge in [0.2, 0.25) is 0 Å². The van der Waals surface area contributed by atoms with Crippen LogP contribution in [0.2, 0.25) is 0 Å². The van der Waals surface area contributed by atoms with Crippen LogP contribution in [0.25, 0.3) is 111 Å². The third kappa shape index (κ3) is 7.35. The minimum Gasteiger partial charge on any atom is -0.309 e. The van der Waals surface area contributed by atoms with E-state index >= 15 is 0 Å². The van der Waals surface area contributed by atoms with Gasteiger partial charge >= 0.3 is 0 Å². The lowest BCUT2D eigenvalue weighted by Gasteiger charge is -2.20. The highest BCUT2D eigenvalue weighted by molar-refractivity contribution is 6.14. The van der Waals surface area contributed by atoms with Gasteiger partial charge in [-0.05, 0) is 172 Å². The molecular weight excluding hydrogens is 905 g/mol. The summed E-state index contributed by atoms with van der Waals surface area (Å²) in [6.07, 6.45) is 0. The summed E-state index contributed by atoms with van der Waals surface area (Å²) in [5, 5.41) is 63.9. The maximum atomic E-state index is 11.2. The first-order chi connectivity index (χ1) is 36.4. The zero-order valence-electron chi connectivity index (χ0n) is 39.2. The Kier molecular flexibility index (Phi) is 10.7. The Morgan fingerprint density at radius 2 is 0.568 bits per heavy atom. The molecule has 0 N–H and O–H groups in total. The van der Waals surface area contributed by atoms with E-state index in [-0.39, 0.29) is 0 Å². The first-order valence-corrected chi connectivity index (χ1v) is 23.7.